The van der Waals surface area contributed by atoms with Crippen LogP contribution in [0.25, 0.3) is 0 Å². The van der Waals surface area contributed by atoms with Gasteiger partial charge in [-0.3, -0.25) is 20.4 Å². The van der Waals surface area contributed by atoms with Gasteiger partial charge in [0.2, 0.25) is 0 Å². The first-order valence-corrected chi connectivity index (χ1v) is 2.77. The molecule has 0 bridgehead atoms. The number of hydrazine groups is 1. The summed E-state index contributed by atoms with van der Waals surface area (Å²) in [4.78, 5) is 30.2. The van der Waals surface area contributed by atoms with Crippen molar-refractivity contribution in [2.24, 2.45) is 16.6 Å². The third-order valence-electron chi connectivity index (χ3n) is 0.717. The molecule has 10 nitrogen and oxygen atoms in total. The maximum atomic E-state index is 10.4. The molecule has 0 saturated carbocycles. The molecule has 0 aromatic heterocycles. The molecule has 6 N–H and O–H groups in total. The quantitative estimate of drug-likeness (QED) is 0.110. The van der Waals surface area contributed by atoms with E-state index in [2.05, 4.69) is 10.8 Å². The highest BCUT2D eigenvalue weighted by Crippen LogP contribution is 1.66. The topological polar surface area (TPSA) is 166 Å². The Balaban J connectivity index is 3.97. The highest BCUT2D eigenvalue weighted by atomic mass is 16.7. The van der Waals surface area contributed by atoms with E-state index in [4.69, 9.17) is 5.73 Å². The molecule has 0 radical (unpaired) electrons. The molecule has 0 aliphatic rings. The summed E-state index contributed by atoms with van der Waals surface area (Å²) in [6.07, 6.45) is 0. The highest BCUT2D eigenvalue weighted by molar-refractivity contribution is 6.34. The van der Waals surface area contributed by atoms with Crippen molar-refractivity contribution in [2.75, 3.05) is 0 Å². The Kier molecular flexibility index (Phi) is 3.66. The first-order valence-electron chi connectivity index (χ1n) is 2.77. The number of nitro groups is 1. The number of hydrogen-bond acceptors (Lipinski definition) is 4. The Morgan fingerprint density at radius 2 is 1.85 bits per heavy atom. The van der Waals surface area contributed by atoms with Crippen molar-refractivity contribution in [3.63, 3.8) is 0 Å². The summed E-state index contributed by atoms with van der Waals surface area (Å²) in [7, 11) is 0. The third-order valence-corrected chi connectivity index (χ3v) is 0.717. The molecule has 72 valence electrons. The number of amides is 2. The number of rotatable bonds is 1. The molecule has 0 saturated heterocycles. The van der Waals surface area contributed by atoms with Gasteiger partial charge in [-0.05, 0) is 0 Å². The number of hydrazone groups is 1. The number of guanidine groups is 1. The van der Waals surface area contributed by atoms with Gasteiger partial charge in [0.25, 0.3) is 5.96 Å². The molecule has 0 unspecified atom stereocenters. The number of nitrogens with zero attached hydrogens (tertiary/aromatic N) is 2. The van der Waals surface area contributed by atoms with Gasteiger partial charge in [0.1, 0.15) is 5.10 Å². The number of carbonyl (C=O) groups excluding carboxylic acids is 2. The van der Waals surface area contributed by atoms with Gasteiger partial charge >= 0.3 is 11.8 Å². The van der Waals surface area contributed by atoms with Gasteiger partial charge < -0.3 is 11.5 Å². The maximum Gasteiger partial charge on any atom is 0.327 e. The van der Waals surface area contributed by atoms with Crippen LogP contribution in [0, 0.1) is 10.1 Å². The highest BCUT2D eigenvalue weighted by Gasteiger charge is 2.08. The zero-order valence-corrected chi connectivity index (χ0v) is 6.18. The van der Waals surface area contributed by atoms with E-state index >= 15 is 0 Å². The van der Waals surface area contributed by atoms with E-state index in [0.29, 0.717) is 0 Å². The molecule has 0 heterocycles. The van der Waals surface area contributed by atoms with Crippen LogP contribution >= 0.6 is 0 Å². The lowest BCUT2D eigenvalue weighted by Gasteiger charge is -2.01. The third kappa shape index (κ3) is 4.94. The lowest BCUT2D eigenvalue weighted by Crippen LogP contribution is -2.49. The van der Waals surface area contributed by atoms with Crippen LogP contribution in [-0.2, 0) is 9.59 Å². The van der Waals surface area contributed by atoms with Gasteiger partial charge in [-0.2, -0.15) is 0 Å². The minimum atomic E-state index is -1.26. The van der Waals surface area contributed by atoms with E-state index in [-0.39, 0.29) is 0 Å². The Labute approximate surface area is 71.1 Å². The minimum absolute atomic E-state index is 0.681. The van der Waals surface area contributed by atoms with Crippen molar-refractivity contribution in [1.29, 1.82) is 0 Å². The van der Waals surface area contributed by atoms with Gasteiger partial charge in [-0.25, -0.2) is 10.1 Å². The average molecular weight is 190 g/mol. The van der Waals surface area contributed by atoms with Crippen molar-refractivity contribution >= 4 is 17.8 Å². The van der Waals surface area contributed by atoms with Crippen LogP contribution in [-0.4, -0.2) is 22.8 Å². The van der Waals surface area contributed by atoms with Crippen molar-refractivity contribution in [3.05, 3.63) is 10.1 Å². The molecular weight excluding hydrogens is 184 g/mol. The first kappa shape index (κ1) is 10.6. The van der Waals surface area contributed by atoms with E-state index in [1.807, 2.05) is 0 Å². The van der Waals surface area contributed by atoms with Crippen LogP contribution in [0.3, 0.4) is 0 Å². The molecule has 0 aromatic rings. The Morgan fingerprint density at radius 1 is 1.31 bits per heavy atom. The Morgan fingerprint density at radius 3 is 2.23 bits per heavy atom. The molecule has 0 atom stereocenters. The Hall–Kier alpha value is -2.39. The fraction of sp³-hybridized carbons (Fsp3) is 0. The smallest absolute Gasteiger partial charge is 0.327 e. The van der Waals surface area contributed by atoms with Crippen LogP contribution in [0.5, 0.6) is 0 Å². The monoisotopic (exact) mass is 190 g/mol. The number of nitrogens with two attached hydrogens (primary N) is 2. The van der Waals surface area contributed by atoms with E-state index in [1.165, 1.54) is 0 Å². The van der Waals surface area contributed by atoms with Crippen LogP contribution in [0.2, 0.25) is 0 Å². The average Bonchev–Trinajstić information content (AvgIpc) is 1.98. The van der Waals surface area contributed by atoms with Crippen LogP contribution in [0.15, 0.2) is 5.10 Å². The van der Waals surface area contributed by atoms with E-state index in [0.717, 1.165) is 0 Å². The Bertz CT molecular complexity index is 271. The van der Waals surface area contributed by atoms with Crippen molar-refractivity contribution < 1.29 is 14.6 Å². The summed E-state index contributed by atoms with van der Waals surface area (Å²) in [5, 5.41) is 11.1. The molecule has 13 heavy (non-hydrogen) atoms. The summed E-state index contributed by atoms with van der Waals surface area (Å²) in [6, 6.07) is 0. The zero-order valence-electron chi connectivity index (χ0n) is 6.18. The van der Waals surface area contributed by atoms with Gasteiger partial charge in [0.15, 0.2) is 5.03 Å². The summed E-state index contributed by atoms with van der Waals surface area (Å²) >= 11 is 0. The normalized spacial score (nSPS) is 10.3. The number of primary amides is 1. The number of hydrogen-bond donors (Lipinski definition) is 4. The molecule has 2 amide bonds. The summed E-state index contributed by atoms with van der Waals surface area (Å²) in [6.45, 7) is 0. The lowest BCUT2D eigenvalue weighted by atomic mass is 10.6. The van der Waals surface area contributed by atoms with Gasteiger partial charge in [0.05, 0.1) is 0 Å². The second-order valence-corrected chi connectivity index (χ2v) is 1.67. The van der Waals surface area contributed by atoms with Crippen LogP contribution in [0.4, 0.5) is 0 Å². The van der Waals surface area contributed by atoms with Crippen molar-refractivity contribution in [2.45, 2.75) is 0 Å². The maximum absolute atomic E-state index is 10.4. The van der Waals surface area contributed by atoms with Crippen LogP contribution < -0.4 is 22.3 Å². The number of carbonyl (C=O) groups is 2. The summed E-state index contributed by atoms with van der Waals surface area (Å²) < 4.78 is 0. The second-order valence-electron chi connectivity index (χ2n) is 1.67. The largest absolute Gasteiger partial charge is 0.363 e. The van der Waals surface area contributed by atoms with E-state index < -0.39 is 22.8 Å². The van der Waals surface area contributed by atoms with Gasteiger partial charge in [-0.1, -0.05) is 0 Å². The standard InChI is InChI=1S/C3H6N6O4/c4-1(10)2(11)6-7-3(5)8-9(12)13/h(H2,4,10)(H,6,11)(H3,5,7,8). The van der Waals surface area contributed by atoms with Crippen LogP contribution in [0.1, 0.15) is 0 Å². The minimum Gasteiger partial charge on any atom is -0.363 e. The van der Waals surface area contributed by atoms with Gasteiger partial charge in [0, 0.05) is 0 Å². The van der Waals surface area contributed by atoms with E-state index in [9.17, 15) is 19.7 Å². The molecule has 0 rings (SSSR count). The van der Waals surface area contributed by atoms with E-state index in [1.54, 1.807) is 10.9 Å². The lowest BCUT2D eigenvalue weighted by molar-refractivity contribution is -0.485. The summed E-state index contributed by atoms with van der Waals surface area (Å²) in [5.74, 6) is -3.14. The molecule has 0 aliphatic carbocycles. The fourth-order valence-electron chi connectivity index (χ4n) is 0.295. The zero-order chi connectivity index (χ0) is 10.4. The predicted molar refractivity (Wildman–Crippen MR) is 39.1 cm³/mol. The molecule has 0 aliphatic heterocycles. The molecule has 0 spiro atoms. The van der Waals surface area contributed by atoms with Crippen molar-refractivity contribution in [1.82, 2.24) is 10.9 Å². The molecule has 10 heteroatoms. The SMILES string of the molecule is NC(=O)C(=O)NNC(N)=N[N+](=O)[O-]. The first-order chi connectivity index (χ1) is 5.93. The predicted octanol–water partition coefficient (Wildman–Crippen LogP) is -3.40. The van der Waals surface area contributed by atoms with Crippen molar-refractivity contribution in [3.8, 4) is 0 Å². The molecule has 0 fully saturated rings. The number of nitrogens with one attached hydrogen (secondary N) is 2. The summed E-state index contributed by atoms with van der Waals surface area (Å²) in [5.41, 5.74) is 12.8. The second kappa shape index (κ2) is 4.48. The molecule has 0 aromatic carbocycles. The molecular formula is C3H6N6O4. The van der Waals surface area contributed by atoms with Gasteiger partial charge in [-0.15, -0.1) is 0 Å². The fourth-order valence-corrected chi connectivity index (χ4v) is 0.295.